The molecule has 0 bridgehead atoms. The predicted octanol–water partition coefficient (Wildman–Crippen LogP) is 7.58. The summed E-state index contributed by atoms with van der Waals surface area (Å²) >= 11 is 5.49. The molecule has 4 aromatic carbocycles. The van der Waals surface area contributed by atoms with E-state index >= 15 is 0 Å². The number of hydrogen-bond donors (Lipinski definition) is 1. The summed E-state index contributed by atoms with van der Waals surface area (Å²) in [6.45, 7) is 0.568. The van der Waals surface area contributed by atoms with Gasteiger partial charge in [-0.05, 0) is 46.5 Å². The van der Waals surface area contributed by atoms with Crippen molar-refractivity contribution in [3.63, 3.8) is 0 Å². The van der Waals surface area contributed by atoms with Crippen molar-refractivity contribution >= 4 is 12.2 Å². The molecule has 17 heteroatoms. The highest BCUT2D eigenvalue weighted by Gasteiger charge is 2.21. The van der Waals surface area contributed by atoms with Gasteiger partial charge in [0, 0.05) is 14.1 Å². The summed E-state index contributed by atoms with van der Waals surface area (Å²) < 4.78 is 53.3. The number of ether oxygens (including phenoxy) is 2. The standard InChI is InChI=1S/C21H18FN5O3.C21H17FN4O2S/c1-27-13-23-18(19(20(27)26-28)29-12-15-5-3-2-4-6-15)21-25-24-17(30-21)11-14-7-9-16(22)10-8-14;1-26-13-23-18(19(21(26)29)27-12-15-5-3-2-4-6-15)20-25-24-17(28-20)11-14-7-9-16(22)10-8-14/h2-10,13,28H,11-12H2,1H3;2-10,13H,11-12H2,1H3/b26-20-;. The molecule has 0 saturated carbocycles. The van der Waals surface area contributed by atoms with Gasteiger partial charge < -0.3 is 32.6 Å². The molecule has 298 valence electrons. The molecule has 0 aliphatic rings. The van der Waals surface area contributed by atoms with E-state index < -0.39 is 0 Å². The lowest BCUT2D eigenvalue weighted by molar-refractivity contribution is 0.266. The minimum absolute atomic E-state index is 0.126. The van der Waals surface area contributed by atoms with E-state index in [1.54, 1.807) is 49.3 Å². The highest BCUT2D eigenvalue weighted by molar-refractivity contribution is 7.71. The Hall–Kier alpha value is -7.40. The molecule has 8 rings (SSSR count). The van der Waals surface area contributed by atoms with E-state index in [-0.39, 0.29) is 47.0 Å². The molecule has 0 unspecified atom stereocenters. The molecule has 0 atom stereocenters. The summed E-state index contributed by atoms with van der Waals surface area (Å²) in [5, 5.41) is 29.1. The monoisotopic (exact) mass is 815 g/mol. The van der Waals surface area contributed by atoms with E-state index in [9.17, 15) is 14.0 Å². The summed E-state index contributed by atoms with van der Waals surface area (Å²) in [5.74, 6) is 1.09. The molecule has 0 saturated heterocycles. The lowest BCUT2D eigenvalue weighted by Gasteiger charge is -2.11. The molecule has 0 amide bonds. The average molecular weight is 816 g/mol. The molecule has 0 spiro atoms. The van der Waals surface area contributed by atoms with Crippen molar-refractivity contribution in [2.75, 3.05) is 0 Å². The van der Waals surface area contributed by atoms with E-state index in [0.29, 0.717) is 47.3 Å². The van der Waals surface area contributed by atoms with Crippen LogP contribution in [-0.4, -0.2) is 44.7 Å². The SMILES string of the molecule is Cn1cnc(-c2nnc(Cc3ccc(F)cc3)o2)c(OCc2ccccc2)/c1=N/O.Cn1cnc(-c2nnc(Cc3ccc(F)cc3)o2)c(OCc2ccccc2)c1=S. The molecule has 59 heavy (non-hydrogen) atoms. The summed E-state index contributed by atoms with van der Waals surface area (Å²) in [5.41, 5.74) is 4.43. The highest BCUT2D eigenvalue weighted by Crippen LogP contribution is 2.29. The van der Waals surface area contributed by atoms with Gasteiger partial charge in [-0.25, -0.2) is 18.7 Å². The van der Waals surface area contributed by atoms with Crippen LogP contribution in [0.4, 0.5) is 8.78 Å². The third-order valence-electron chi connectivity index (χ3n) is 8.62. The molecule has 14 nitrogen and oxygen atoms in total. The predicted molar refractivity (Wildman–Crippen MR) is 211 cm³/mol. The van der Waals surface area contributed by atoms with Gasteiger partial charge in [-0.3, -0.25) is 0 Å². The minimum Gasteiger partial charge on any atom is -0.483 e. The Morgan fingerprint density at radius 1 is 0.593 bits per heavy atom. The summed E-state index contributed by atoms with van der Waals surface area (Å²) in [7, 11) is 3.47. The zero-order valence-electron chi connectivity index (χ0n) is 31.6. The fraction of sp³-hybridized carbons (Fsp3) is 0.143. The lowest BCUT2D eigenvalue weighted by atomic mass is 10.1. The minimum atomic E-state index is -0.313. The van der Waals surface area contributed by atoms with Crippen LogP contribution >= 0.6 is 12.2 Å². The molecule has 4 heterocycles. The zero-order valence-corrected chi connectivity index (χ0v) is 32.5. The smallest absolute Gasteiger partial charge is 0.270 e. The van der Waals surface area contributed by atoms with Crippen LogP contribution in [0.5, 0.6) is 11.5 Å². The number of rotatable bonds is 12. The van der Waals surface area contributed by atoms with Gasteiger partial charge in [0.05, 0.1) is 25.5 Å². The second-order valence-electron chi connectivity index (χ2n) is 13.0. The Bertz CT molecular complexity index is 2760. The van der Waals surface area contributed by atoms with Gasteiger partial charge in [-0.1, -0.05) is 102 Å². The molecular formula is C42H35F2N9O5S. The van der Waals surface area contributed by atoms with Crippen molar-refractivity contribution in [3.05, 3.63) is 178 Å². The zero-order chi connectivity index (χ0) is 41.1. The van der Waals surface area contributed by atoms with Crippen LogP contribution in [0.1, 0.15) is 34.0 Å². The largest absolute Gasteiger partial charge is 0.483 e. The Labute approximate surface area is 340 Å². The number of nitrogens with zero attached hydrogens (tertiary/aromatic N) is 9. The average Bonchev–Trinajstić information content (AvgIpc) is 3.93. The van der Waals surface area contributed by atoms with Crippen LogP contribution in [0.3, 0.4) is 0 Å². The molecule has 0 radical (unpaired) electrons. The third kappa shape index (κ3) is 10.1. The summed E-state index contributed by atoms with van der Waals surface area (Å²) in [6, 6.07) is 31.5. The maximum absolute atomic E-state index is 13.1. The van der Waals surface area contributed by atoms with Crippen LogP contribution in [0.25, 0.3) is 23.2 Å². The van der Waals surface area contributed by atoms with Gasteiger partial charge in [0.1, 0.15) is 24.8 Å². The quantitative estimate of drug-likeness (QED) is 0.0732. The Kier molecular flexibility index (Phi) is 12.6. The molecular weight excluding hydrogens is 781 g/mol. The highest BCUT2D eigenvalue weighted by atomic mass is 32.1. The number of aromatic nitrogens is 8. The lowest BCUT2D eigenvalue weighted by Crippen LogP contribution is -2.22. The Morgan fingerprint density at radius 3 is 1.51 bits per heavy atom. The molecule has 4 aromatic heterocycles. The van der Waals surface area contributed by atoms with Crippen molar-refractivity contribution < 1.29 is 32.3 Å². The van der Waals surface area contributed by atoms with E-state index in [0.717, 1.165) is 22.3 Å². The van der Waals surface area contributed by atoms with Crippen LogP contribution in [0.15, 0.2) is 136 Å². The van der Waals surface area contributed by atoms with Crippen LogP contribution in [0, 0.1) is 16.3 Å². The van der Waals surface area contributed by atoms with Crippen molar-refractivity contribution in [1.82, 2.24) is 39.5 Å². The first-order valence-corrected chi connectivity index (χ1v) is 18.4. The van der Waals surface area contributed by atoms with E-state index in [1.807, 2.05) is 60.7 Å². The maximum atomic E-state index is 13.1. The fourth-order valence-electron chi connectivity index (χ4n) is 5.58. The van der Waals surface area contributed by atoms with Gasteiger partial charge in [-0.2, -0.15) is 0 Å². The Morgan fingerprint density at radius 2 is 1.03 bits per heavy atom. The van der Waals surface area contributed by atoms with Crippen molar-refractivity contribution in [2.45, 2.75) is 26.1 Å². The number of hydrogen-bond acceptors (Lipinski definition) is 13. The normalized spacial score (nSPS) is 11.2. The van der Waals surface area contributed by atoms with Gasteiger partial charge in [-0.15, -0.1) is 20.4 Å². The Balaban J connectivity index is 0.000000179. The van der Waals surface area contributed by atoms with Crippen molar-refractivity contribution in [1.29, 1.82) is 0 Å². The van der Waals surface area contributed by atoms with Gasteiger partial charge in [0.25, 0.3) is 11.8 Å². The fourth-order valence-corrected chi connectivity index (χ4v) is 5.78. The second kappa shape index (κ2) is 18.7. The number of benzene rings is 4. The first-order valence-electron chi connectivity index (χ1n) is 18.0. The first kappa shape index (κ1) is 39.8. The number of halogens is 2. The van der Waals surface area contributed by atoms with Crippen LogP contribution in [-0.2, 0) is 40.2 Å². The summed E-state index contributed by atoms with van der Waals surface area (Å²) in [4.78, 5) is 8.70. The maximum Gasteiger partial charge on any atom is 0.270 e. The summed E-state index contributed by atoms with van der Waals surface area (Å²) in [6.07, 6.45) is 3.76. The van der Waals surface area contributed by atoms with Crippen LogP contribution in [0.2, 0.25) is 0 Å². The van der Waals surface area contributed by atoms with Crippen molar-refractivity contribution in [3.8, 4) is 34.7 Å². The topological polar surface area (TPSA) is 165 Å². The van der Waals surface area contributed by atoms with Crippen molar-refractivity contribution in [2.24, 2.45) is 19.3 Å². The molecule has 0 fully saturated rings. The first-order chi connectivity index (χ1) is 28.7. The van der Waals surface area contributed by atoms with Gasteiger partial charge >= 0.3 is 0 Å². The molecule has 1 N–H and O–H groups in total. The van der Waals surface area contributed by atoms with Gasteiger partial charge in [0.2, 0.25) is 17.3 Å². The number of aryl methyl sites for hydroxylation is 2. The van der Waals surface area contributed by atoms with E-state index in [1.165, 1.54) is 35.2 Å². The second-order valence-corrected chi connectivity index (χ2v) is 13.3. The van der Waals surface area contributed by atoms with Crippen LogP contribution < -0.4 is 15.0 Å². The third-order valence-corrected chi connectivity index (χ3v) is 9.10. The molecule has 0 aliphatic carbocycles. The van der Waals surface area contributed by atoms with Gasteiger partial charge in [0.15, 0.2) is 27.5 Å². The van der Waals surface area contributed by atoms with E-state index in [4.69, 9.17) is 30.5 Å². The molecule has 8 aromatic rings. The molecule has 0 aliphatic heterocycles. The van der Waals surface area contributed by atoms with E-state index in [2.05, 4.69) is 35.5 Å².